The molecule has 120 valence electrons. The van der Waals surface area contributed by atoms with E-state index in [1.54, 1.807) is 0 Å². The summed E-state index contributed by atoms with van der Waals surface area (Å²) in [5.74, 6) is 0.607. The van der Waals surface area contributed by atoms with Crippen LogP contribution in [-0.4, -0.2) is 42.9 Å². The van der Waals surface area contributed by atoms with Crippen LogP contribution in [-0.2, 0) is 4.74 Å². The maximum atomic E-state index is 10.3. The van der Waals surface area contributed by atoms with E-state index in [0.29, 0.717) is 5.92 Å². The molecular weight excluding hydrogens is 251 g/mol. The van der Waals surface area contributed by atoms with E-state index in [1.807, 2.05) is 14.8 Å². The number of hydrogen-bond donors (Lipinski definition) is 2. The van der Waals surface area contributed by atoms with Gasteiger partial charge in [-0.2, -0.15) is 0 Å². The van der Waals surface area contributed by atoms with Gasteiger partial charge in [0.15, 0.2) is 0 Å². The summed E-state index contributed by atoms with van der Waals surface area (Å²) in [7, 11) is 1.98. The summed E-state index contributed by atoms with van der Waals surface area (Å²) < 4.78 is 6.00. The van der Waals surface area contributed by atoms with Crippen LogP contribution in [0.5, 0.6) is 0 Å². The Morgan fingerprint density at radius 3 is 2.35 bits per heavy atom. The van der Waals surface area contributed by atoms with Crippen LogP contribution < -0.4 is 0 Å². The van der Waals surface area contributed by atoms with Crippen LogP contribution in [0.3, 0.4) is 0 Å². The van der Waals surface area contributed by atoms with Gasteiger partial charge in [0, 0.05) is 13.2 Å². The first kappa shape index (κ1) is 19.9. The molecule has 0 aliphatic heterocycles. The van der Waals surface area contributed by atoms with E-state index < -0.39 is 11.6 Å². The smallest absolute Gasteiger partial charge is 0.146 e. The molecule has 3 nitrogen and oxygen atoms in total. The van der Waals surface area contributed by atoms with E-state index in [2.05, 4.69) is 13.8 Å². The Bertz CT molecular complexity index is 222. The Labute approximate surface area is 126 Å². The van der Waals surface area contributed by atoms with Crippen molar-refractivity contribution < 1.29 is 14.9 Å². The highest BCUT2D eigenvalue weighted by Gasteiger charge is 2.28. The minimum absolute atomic E-state index is 0.242. The minimum Gasteiger partial charge on any atom is -0.396 e. The van der Waals surface area contributed by atoms with Gasteiger partial charge in [-0.1, -0.05) is 46.0 Å². The van der Waals surface area contributed by atoms with Crippen LogP contribution >= 0.6 is 0 Å². The van der Waals surface area contributed by atoms with Crippen molar-refractivity contribution >= 4 is 7.85 Å². The molecule has 2 N–H and O–H groups in total. The third-order valence-corrected chi connectivity index (χ3v) is 4.17. The zero-order chi connectivity index (χ0) is 15.4. The van der Waals surface area contributed by atoms with Crippen LogP contribution in [0.2, 0.25) is 0 Å². The lowest BCUT2D eigenvalue weighted by Gasteiger charge is -2.33. The van der Waals surface area contributed by atoms with Crippen LogP contribution in [0, 0.1) is 5.92 Å². The molecule has 0 aliphatic rings. The molecule has 0 spiro atoms. The van der Waals surface area contributed by atoms with Crippen LogP contribution in [0.25, 0.3) is 0 Å². The summed E-state index contributed by atoms with van der Waals surface area (Å²) >= 11 is 0. The molecular formula is C16H35BO3. The Hall–Kier alpha value is -0.0551. The molecule has 2 unspecified atom stereocenters. The molecule has 0 rings (SSSR count). The second kappa shape index (κ2) is 11.6. The van der Waals surface area contributed by atoms with Gasteiger partial charge in [0.25, 0.3) is 0 Å². The summed E-state index contributed by atoms with van der Waals surface area (Å²) in [5, 5.41) is 19.0. The van der Waals surface area contributed by atoms with Crippen molar-refractivity contribution in [2.24, 2.45) is 5.92 Å². The summed E-state index contributed by atoms with van der Waals surface area (Å²) in [6.07, 6.45) is 7.91. The second-order valence-electron chi connectivity index (χ2n) is 6.42. The standard InChI is InChI=1S/C16H35BO3/c1-4-6-10-14(5-2)13-20-16(3,17)15(19)11-8-7-9-12-18/h14-15,18-19H,4-13,17H2,1-3H3/t14?,15-,16?/m1/s1. The maximum absolute atomic E-state index is 10.3. The fraction of sp³-hybridized carbons (Fsp3) is 1.00. The van der Waals surface area contributed by atoms with Crippen LogP contribution in [0.1, 0.15) is 72.1 Å². The molecule has 3 atom stereocenters. The van der Waals surface area contributed by atoms with Gasteiger partial charge in [-0.15, -0.1) is 0 Å². The summed E-state index contributed by atoms with van der Waals surface area (Å²) in [5.41, 5.74) is -0.473. The number of rotatable bonds is 13. The number of unbranched alkanes of at least 4 members (excludes halogenated alkanes) is 3. The van der Waals surface area contributed by atoms with Gasteiger partial charge in [-0.05, 0) is 32.1 Å². The topological polar surface area (TPSA) is 49.7 Å². The largest absolute Gasteiger partial charge is 0.396 e. The Morgan fingerprint density at radius 1 is 1.10 bits per heavy atom. The third-order valence-electron chi connectivity index (χ3n) is 4.17. The zero-order valence-electron chi connectivity index (χ0n) is 14.0. The number of aliphatic hydroxyl groups is 2. The maximum Gasteiger partial charge on any atom is 0.146 e. The average Bonchev–Trinajstić information content (AvgIpc) is 2.43. The number of aliphatic hydroxyl groups excluding tert-OH is 2. The van der Waals surface area contributed by atoms with E-state index in [0.717, 1.165) is 38.7 Å². The van der Waals surface area contributed by atoms with Crippen LogP contribution in [0.4, 0.5) is 0 Å². The second-order valence-corrected chi connectivity index (χ2v) is 6.42. The van der Waals surface area contributed by atoms with E-state index in [1.165, 1.54) is 19.3 Å². The van der Waals surface area contributed by atoms with E-state index in [4.69, 9.17) is 9.84 Å². The summed E-state index contributed by atoms with van der Waals surface area (Å²) in [4.78, 5) is 0. The van der Waals surface area contributed by atoms with Gasteiger partial charge in [0.05, 0.1) is 11.6 Å². The van der Waals surface area contributed by atoms with Crippen molar-refractivity contribution in [3.05, 3.63) is 0 Å². The van der Waals surface area contributed by atoms with Gasteiger partial charge in [0.1, 0.15) is 7.85 Å². The molecule has 0 fully saturated rings. The lowest BCUT2D eigenvalue weighted by Crippen LogP contribution is -2.43. The van der Waals surface area contributed by atoms with Crippen molar-refractivity contribution in [2.45, 2.75) is 83.7 Å². The molecule has 0 aromatic rings. The summed E-state index contributed by atoms with van der Waals surface area (Å²) in [6, 6.07) is 0. The van der Waals surface area contributed by atoms with Gasteiger partial charge >= 0.3 is 0 Å². The van der Waals surface area contributed by atoms with Gasteiger partial charge in [0.2, 0.25) is 0 Å². The molecule has 0 bridgehead atoms. The number of hydrogen-bond acceptors (Lipinski definition) is 3. The SMILES string of the molecule is BC(C)(OCC(CC)CCCC)[C@H](O)CCCCCO. The van der Waals surface area contributed by atoms with Crippen molar-refractivity contribution in [3.8, 4) is 0 Å². The highest BCUT2D eigenvalue weighted by molar-refractivity contribution is 6.14. The molecule has 0 radical (unpaired) electrons. The van der Waals surface area contributed by atoms with E-state index in [-0.39, 0.29) is 6.61 Å². The Balaban J connectivity index is 4.00. The average molecular weight is 286 g/mol. The third kappa shape index (κ3) is 8.99. The number of ether oxygens (including phenoxy) is 1. The van der Waals surface area contributed by atoms with Crippen LogP contribution in [0.15, 0.2) is 0 Å². The highest BCUT2D eigenvalue weighted by Crippen LogP contribution is 2.21. The van der Waals surface area contributed by atoms with Crippen molar-refractivity contribution in [1.82, 2.24) is 0 Å². The summed E-state index contributed by atoms with van der Waals surface area (Å²) in [6.45, 7) is 7.40. The molecule has 0 heterocycles. The quantitative estimate of drug-likeness (QED) is 0.404. The Morgan fingerprint density at radius 2 is 1.80 bits per heavy atom. The fourth-order valence-electron chi connectivity index (χ4n) is 2.30. The minimum atomic E-state index is -0.473. The van der Waals surface area contributed by atoms with E-state index >= 15 is 0 Å². The normalized spacial score (nSPS) is 17.6. The molecule has 0 amide bonds. The van der Waals surface area contributed by atoms with Gasteiger partial charge in [-0.3, -0.25) is 0 Å². The first-order valence-electron chi connectivity index (χ1n) is 8.40. The first-order valence-corrected chi connectivity index (χ1v) is 8.40. The lowest BCUT2D eigenvalue weighted by atomic mass is 9.76. The zero-order valence-corrected chi connectivity index (χ0v) is 14.0. The highest BCUT2D eigenvalue weighted by atomic mass is 16.5. The molecule has 0 saturated carbocycles. The molecule has 0 aromatic carbocycles. The van der Waals surface area contributed by atoms with Gasteiger partial charge < -0.3 is 14.9 Å². The fourth-order valence-corrected chi connectivity index (χ4v) is 2.30. The van der Waals surface area contributed by atoms with E-state index in [9.17, 15) is 5.11 Å². The van der Waals surface area contributed by atoms with Crippen molar-refractivity contribution in [2.75, 3.05) is 13.2 Å². The van der Waals surface area contributed by atoms with Crippen molar-refractivity contribution in [1.29, 1.82) is 0 Å². The molecule has 20 heavy (non-hydrogen) atoms. The molecule has 0 saturated heterocycles. The molecule has 4 heteroatoms. The molecule has 0 aromatic heterocycles. The van der Waals surface area contributed by atoms with Crippen molar-refractivity contribution in [3.63, 3.8) is 0 Å². The van der Waals surface area contributed by atoms with Gasteiger partial charge in [-0.25, -0.2) is 0 Å². The lowest BCUT2D eigenvalue weighted by molar-refractivity contribution is -0.0732. The predicted molar refractivity (Wildman–Crippen MR) is 87.8 cm³/mol. The predicted octanol–water partition coefficient (Wildman–Crippen LogP) is 2.48. The Kier molecular flexibility index (Phi) is 11.6. The monoisotopic (exact) mass is 286 g/mol. The molecule has 0 aliphatic carbocycles. The first-order chi connectivity index (χ1) is 9.47.